The van der Waals surface area contributed by atoms with E-state index in [1.165, 1.54) is 0 Å². The van der Waals surface area contributed by atoms with E-state index in [1.54, 1.807) is 11.3 Å². The normalized spacial score (nSPS) is 32.4. The molecule has 2 unspecified atom stereocenters. The summed E-state index contributed by atoms with van der Waals surface area (Å²) in [6, 6.07) is 0. The molecule has 1 aliphatic heterocycles. The monoisotopic (exact) mass is 212 g/mol. The Labute approximate surface area is 88.3 Å². The summed E-state index contributed by atoms with van der Waals surface area (Å²) in [5.74, 6) is 0. The van der Waals surface area contributed by atoms with Gasteiger partial charge in [-0.1, -0.05) is 0 Å². The molecule has 2 atom stereocenters. The minimum absolute atomic E-state index is 0.137. The molecule has 0 aromatic carbocycles. The Hall–Kier alpha value is -0.450. The van der Waals surface area contributed by atoms with Crippen molar-refractivity contribution in [2.75, 3.05) is 6.54 Å². The molecule has 0 amide bonds. The molecule has 2 rings (SSSR count). The lowest BCUT2D eigenvalue weighted by molar-refractivity contribution is -0.0245. The molecule has 1 aromatic heterocycles. The van der Waals surface area contributed by atoms with E-state index in [9.17, 15) is 0 Å². The SMILES string of the molecule is Cc1nc(C2CCC(C)(CN)O2)cs1. The third-order valence-electron chi connectivity index (χ3n) is 2.76. The molecular formula is C10H16N2OS. The van der Waals surface area contributed by atoms with E-state index in [0.29, 0.717) is 6.54 Å². The van der Waals surface area contributed by atoms with Crippen LogP contribution in [0.1, 0.15) is 36.6 Å². The molecule has 2 N–H and O–H groups in total. The molecule has 1 saturated heterocycles. The average Bonchev–Trinajstić information content (AvgIpc) is 2.73. The van der Waals surface area contributed by atoms with Gasteiger partial charge in [0.05, 0.1) is 16.3 Å². The molecule has 4 heteroatoms. The molecule has 0 spiro atoms. The lowest BCUT2D eigenvalue weighted by atomic mass is 10.0. The van der Waals surface area contributed by atoms with E-state index in [4.69, 9.17) is 10.5 Å². The van der Waals surface area contributed by atoms with Gasteiger partial charge in [-0.05, 0) is 26.7 Å². The molecule has 78 valence electrons. The fourth-order valence-electron chi connectivity index (χ4n) is 1.78. The van der Waals surface area contributed by atoms with Crippen molar-refractivity contribution in [1.29, 1.82) is 0 Å². The molecule has 14 heavy (non-hydrogen) atoms. The third kappa shape index (κ3) is 1.82. The van der Waals surface area contributed by atoms with Gasteiger partial charge in [-0.15, -0.1) is 11.3 Å². The summed E-state index contributed by atoms with van der Waals surface area (Å²) in [6.45, 7) is 4.68. The summed E-state index contributed by atoms with van der Waals surface area (Å²) in [5, 5.41) is 3.19. The Morgan fingerprint density at radius 3 is 3.07 bits per heavy atom. The van der Waals surface area contributed by atoms with Crippen LogP contribution >= 0.6 is 11.3 Å². The van der Waals surface area contributed by atoms with Crippen molar-refractivity contribution in [3.05, 3.63) is 16.1 Å². The second-order valence-corrected chi connectivity index (χ2v) is 5.15. The Bertz CT molecular complexity index is 326. The smallest absolute Gasteiger partial charge is 0.101 e. The van der Waals surface area contributed by atoms with Crippen LogP contribution in [0, 0.1) is 6.92 Å². The molecule has 3 nitrogen and oxygen atoms in total. The van der Waals surface area contributed by atoms with Gasteiger partial charge in [0.2, 0.25) is 0 Å². The minimum Gasteiger partial charge on any atom is -0.364 e. The highest BCUT2D eigenvalue weighted by Crippen LogP contribution is 2.38. The number of hydrogen-bond acceptors (Lipinski definition) is 4. The summed E-state index contributed by atoms with van der Waals surface area (Å²) < 4.78 is 5.92. The minimum atomic E-state index is -0.137. The van der Waals surface area contributed by atoms with Crippen molar-refractivity contribution in [1.82, 2.24) is 4.98 Å². The van der Waals surface area contributed by atoms with Crippen molar-refractivity contribution >= 4 is 11.3 Å². The van der Waals surface area contributed by atoms with Crippen LogP contribution in [0.5, 0.6) is 0 Å². The zero-order valence-electron chi connectivity index (χ0n) is 8.62. The van der Waals surface area contributed by atoms with Gasteiger partial charge in [-0.2, -0.15) is 0 Å². The van der Waals surface area contributed by atoms with Crippen LogP contribution in [0.25, 0.3) is 0 Å². The van der Waals surface area contributed by atoms with Gasteiger partial charge >= 0.3 is 0 Å². The highest BCUT2D eigenvalue weighted by atomic mass is 32.1. The predicted molar refractivity (Wildman–Crippen MR) is 57.4 cm³/mol. The first-order chi connectivity index (χ1) is 6.63. The fourth-order valence-corrected chi connectivity index (χ4v) is 2.44. The molecule has 1 aromatic rings. The molecule has 0 bridgehead atoms. The van der Waals surface area contributed by atoms with Gasteiger partial charge in [0.25, 0.3) is 0 Å². The van der Waals surface area contributed by atoms with Crippen LogP contribution in [-0.2, 0) is 4.74 Å². The van der Waals surface area contributed by atoms with E-state index >= 15 is 0 Å². The van der Waals surface area contributed by atoms with E-state index in [2.05, 4.69) is 17.3 Å². The molecule has 0 radical (unpaired) electrons. The maximum atomic E-state index is 5.92. The average molecular weight is 212 g/mol. The van der Waals surface area contributed by atoms with Crippen LogP contribution in [0.15, 0.2) is 5.38 Å². The summed E-state index contributed by atoms with van der Waals surface area (Å²) in [7, 11) is 0. The standard InChI is InChI=1S/C10H16N2OS/c1-7-12-8(5-14-7)9-3-4-10(2,6-11)13-9/h5,9H,3-4,6,11H2,1-2H3. The van der Waals surface area contributed by atoms with E-state index in [0.717, 1.165) is 23.5 Å². The van der Waals surface area contributed by atoms with Crippen LogP contribution < -0.4 is 5.73 Å². The van der Waals surface area contributed by atoms with Gasteiger partial charge in [-0.25, -0.2) is 4.98 Å². The van der Waals surface area contributed by atoms with Gasteiger partial charge in [0.1, 0.15) is 6.10 Å². The summed E-state index contributed by atoms with van der Waals surface area (Å²) in [5.41, 5.74) is 6.61. The van der Waals surface area contributed by atoms with Crippen molar-refractivity contribution in [2.24, 2.45) is 5.73 Å². The van der Waals surface area contributed by atoms with Crippen LogP contribution in [0.2, 0.25) is 0 Å². The highest BCUT2D eigenvalue weighted by molar-refractivity contribution is 7.09. The van der Waals surface area contributed by atoms with Gasteiger partial charge in [0, 0.05) is 11.9 Å². The Kier molecular flexibility index (Phi) is 2.60. The number of nitrogens with two attached hydrogens (primary N) is 1. The molecule has 0 aliphatic carbocycles. The second kappa shape index (κ2) is 3.61. The van der Waals surface area contributed by atoms with Gasteiger partial charge < -0.3 is 10.5 Å². The largest absolute Gasteiger partial charge is 0.364 e. The molecule has 2 heterocycles. The van der Waals surface area contributed by atoms with Crippen molar-refractivity contribution in [3.8, 4) is 0 Å². The van der Waals surface area contributed by atoms with E-state index in [1.807, 2.05) is 6.92 Å². The third-order valence-corrected chi connectivity index (χ3v) is 3.55. The van der Waals surface area contributed by atoms with Gasteiger partial charge in [-0.3, -0.25) is 0 Å². The van der Waals surface area contributed by atoms with Crippen molar-refractivity contribution < 1.29 is 4.74 Å². The zero-order chi connectivity index (χ0) is 10.2. The van der Waals surface area contributed by atoms with Gasteiger partial charge in [0.15, 0.2) is 0 Å². The summed E-state index contributed by atoms with van der Waals surface area (Å²) in [6.07, 6.45) is 2.23. The Morgan fingerprint density at radius 2 is 2.57 bits per heavy atom. The first-order valence-corrected chi connectivity index (χ1v) is 5.81. The van der Waals surface area contributed by atoms with Crippen LogP contribution in [-0.4, -0.2) is 17.1 Å². The second-order valence-electron chi connectivity index (χ2n) is 4.09. The number of thiazole rings is 1. The van der Waals surface area contributed by atoms with Crippen LogP contribution in [0.3, 0.4) is 0 Å². The maximum Gasteiger partial charge on any atom is 0.101 e. The number of hydrogen-bond donors (Lipinski definition) is 1. The van der Waals surface area contributed by atoms with Crippen molar-refractivity contribution in [2.45, 2.75) is 38.4 Å². The number of aromatic nitrogens is 1. The fraction of sp³-hybridized carbons (Fsp3) is 0.700. The number of ether oxygens (including phenoxy) is 1. The molecule has 0 saturated carbocycles. The molecular weight excluding hydrogens is 196 g/mol. The highest BCUT2D eigenvalue weighted by Gasteiger charge is 2.36. The molecule has 1 fully saturated rings. The van der Waals surface area contributed by atoms with Crippen LogP contribution in [0.4, 0.5) is 0 Å². The summed E-state index contributed by atoms with van der Waals surface area (Å²) >= 11 is 1.68. The molecule has 1 aliphatic rings. The first-order valence-electron chi connectivity index (χ1n) is 4.93. The van der Waals surface area contributed by atoms with Crippen molar-refractivity contribution in [3.63, 3.8) is 0 Å². The quantitative estimate of drug-likeness (QED) is 0.816. The lowest BCUT2D eigenvalue weighted by Gasteiger charge is -2.21. The number of nitrogens with zero attached hydrogens (tertiary/aromatic N) is 1. The topological polar surface area (TPSA) is 48.1 Å². The summed E-state index contributed by atoms with van der Waals surface area (Å²) in [4.78, 5) is 4.45. The number of rotatable bonds is 2. The van der Waals surface area contributed by atoms with E-state index in [-0.39, 0.29) is 11.7 Å². The first kappa shape index (κ1) is 10.1. The zero-order valence-corrected chi connectivity index (χ0v) is 9.43. The predicted octanol–water partition coefficient (Wildman–Crippen LogP) is 2.02. The maximum absolute atomic E-state index is 5.92. The Morgan fingerprint density at radius 1 is 1.79 bits per heavy atom. The lowest BCUT2D eigenvalue weighted by Crippen LogP contribution is -2.33. The Balaban J connectivity index is 2.09. The number of aryl methyl sites for hydroxylation is 1. The van der Waals surface area contributed by atoms with E-state index < -0.39 is 0 Å².